The molecule has 0 radical (unpaired) electrons. The molecule has 1 N–H and O–H groups in total. The third-order valence-corrected chi connectivity index (χ3v) is 2.61. The highest BCUT2D eigenvalue weighted by molar-refractivity contribution is 9.10. The molecule has 0 saturated carbocycles. The van der Waals surface area contributed by atoms with Crippen LogP contribution in [0.25, 0.3) is 0 Å². The van der Waals surface area contributed by atoms with Gasteiger partial charge in [-0.15, -0.1) is 0 Å². The van der Waals surface area contributed by atoms with Gasteiger partial charge in [0.15, 0.2) is 0 Å². The molecule has 1 aliphatic rings. The molecule has 0 fully saturated rings. The zero-order valence-corrected chi connectivity index (χ0v) is 7.69. The molecule has 0 amide bonds. The molecule has 0 bridgehead atoms. The van der Waals surface area contributed by atoms with Crippen LogP contribution in [0.5, 0.6) is 0 Å². The molecular weight excluding hydrogens is 204 g/mol. The maximum Gasteiger partial charge on any atom is 0.0570 e. The maximum atomic E-state index is 4.09. The minimum absolute atomic E-state index is 1.07. The summed E-state index contributed by atoms with van der Waals surface area (Å²) in [4.78, 5) is 4.09. The average molecular weight is 213 g/mol. The molecule has 0 aliphatic carbocycles. The van der Waals surface area contributed by atoms with Crippen LogP contribution in [-0.4, -0.2) is 11.5 Å². The Labute approximate surface area is 74.2 Å². The number of halogens is 1. The third-order valence-electron chi connectivity index (χ3n) is 1.92. The van der Waals surface area contributed by atoms with E-state index in [1.807, 2.05) is 12.4 Å². The zero-order chi connectivity index (χ0) is 7.68. The van der Waals surface area contributed by atoms with Gasteiger partial charge in [0.2, 0.25) is 0 Å². The van der Waals surface area contributed by atoms with Crippen molar-refractivity contribution < 1.29 is 0 Å². The van der Waals surface area contributed by atoms with E-state index in [0.717, 1.165) is 17.4 Å². The molecule has 2 rings (SSSR count). The van der Waals surface area contributed by atoms with Crippen LogP contribution in [0.1, 0.15) is 12.0 Å². The van der Waals surface area contributed by atoms with E-state index in [9.17, 15) is 0 Å². The number of nitrogens with one attached hydrogen (secondary N) is 1. The third kappa shape index (κ3) is 1.25. The SMILES string of the molecule is Brc1cncc2c1CCCN2. The molecule has 0 saturated heterocycles. The van der Waals surface area contributed by atoms with Gasteiger partial charge in [-0.2, -0.15) is 0 Å². The van der Waals surface area contributed by atoms with Crippen LogP contribution in [0.4, 0.5) is 5.69 Å². The van der Waals surface area contributed by atoms with E-state index < -0.39 is 0 Å². The summed E-state index contributed by atoms with van der Waals surface area (Å²) in [5, 5.41) is 3.31. The zero-order valence-electron chi connectivity index (χ0n) is 6.10. The predicted molar refractivity (Wildman–Crippen MR) is 48.7 cm³/mol. The number of nitrogens with zero attached hydrogens (tertiary/aromatic N) is 1. The number of rotatable bonds is 0. The van der Waals surface area contributed by atoms with Crippen LogP contribution in [0.3, 0.4) is 0 Å². The van der Waals surface area contributed by atoms with Crippen molar-refractivity contribution in [3.8, 4) is 0 Å². The van der Waals surface area contributed by atoms with Crippen LogP contribution in [0.2, 0.25) is 0 Å². The second kappa shape index (κ2) is 2.81. The first-order chi connectivity index (χ1) is 5.38. The summed E-state index contributed by atoms with van der Waals surface area (Å²) in [6.07, 6.45) is 6.12. The van der Waals surface area contributed by atoms with Crippen LogP contribution in [-0.2, 0) is 6.42 Å². The molecule has 0 unspecified atom stereocenters. The van der Waals surface area contributed by atoms with E-state index in [-0.39, 0.29) is 0 Å². The molecule has 58 valence electrons. The van der Waals surface area contributed by atoms with Gasteiger partial charge in [-0.3, -0.25) is 4.98 Å². The summed E-state index contributed by atoms with van der Waals surface area (Å²) < 4.78 is 1.13. The summed E-state index contributed by atoms with van der Waals surface area (Å²) in [6.45, 7) is 1.07. The van der Waals surface area contributed by atoms with Crippen molar-refractivity contribution in [3.63, 3.8) is 0 Å². The Kier molecular flexibility index (Phi) is 1.82. The summed E-state index contributed by atoms with van der Waals surface area (Å²) in [6, 6.07) is 0. The van der Waals surface area contributed by atoms with Gasteiger partial charge in [0.25, 0.3) is 0 Å². The molecule has 0 spiro atoms. The van der Waals surface area contributed by atoms with E-state index in [1.165, 1.54) is 17.7 Å². The minimum Gasteiger partial charge on any atom is -0.384 e. The molecule has 1 aromatic heterocycles. The standard InChI is InChI=1S/C8H9BrN2/c9-7-4-10-5-8-6(7)2-1-3-11-8/h4-5,11H,1-3H2. The van der Waals surface area contributed by atoms with Crippen molar-refractivity contribution in [3.05, 3.63) is 22.4 Å². The lowest BCUT2D eigenvalue weighted by Crippen LogP contribution is -2.12. The highest BCUT2D eigenvalue weighted by atomic mass is 79.9. The lowest BCUT2D eigenvalue weighted by molar-refractivity contribution is 0.822. The van der Waals surface area contributed by atoms with Gasteiger partial charge >= 0.3 is 0 Å². The number of anilines is 1. The Morgan fingerprint density at radius 2 is 2.36 bits per heavy atom. The normalized spacial score (nSPS) is 15.4. The van der Waals surface area contributed by atoms with Gasteiger partial charge < -0.3 is 5.32 Å². The highest BCUT2D eigenvalue weighted by Crippen LogP contribution is 2.27. The highest BCUT2D eigenvalue weighted by Gasteiger charge is 2.10. The summed E-state index contributed by atoms with van der Waals surface area (Å²) in [7, 11) is 0. The van der Waals surface area contributed by atoms with Gasteiger partial charge in [-0.1, -0.05) is 0 Å². The van der Waals surface area contributed by atoms with E-state index in [4.69, 9.17) is 0 Å². The van der Waals surface area contributed by atoms with E-state index in [1.54, 1.807) is 0 Å². The van der Waals surface area contributed by atoms with Crippen LogP contribution in [0, 0.1) is 0 Å². The summed E-state index contributed by atoms with van der Waals surface area (Å²) in [5.41, 5.74) is 2.55. The Morgan fingerprint density at radius 3 is 3.18 bits per heavy atom. The Bertz CT molecular complexity index is 273. The van der Waals surface area contributed by atoms with Crippen molar-refractivity contribution in [2.45, 2.75) is 12.8 Å². The van der Waals surface area contributed by atoms with E-state index in [0.29, 0.717) is 0 Å². The maximum absolute atomic E-state index is 4.09. The second-order valence-electron chi connectivity index (χ2n) is 2.68. The molecule has 0 aromatic carbocycles. The van der Waals surface area contributed by atoms with Gasteiger partial charge in [-0.25, -0.2) is 0 Å². The first-order valence-corrected chi connectivity index (χ1v) is 4.53. The smallest absolute Gasteiger partial charge is 0.0570 e. The minimum atomic E-state index is 1.07. The molecule has 2 heterocycles. The first kappa shape index (κ1) is 7.10. The largest absolute Gasteiger partial charge is 0.384 e. The average Bonchev–Trinajstić information content (AvgIpc) is 2.06. The summed E-state index contributed by atoms with van der Waals surface area (Å²) in [5.74, 6) is 0. The first-order valence-electron chi connectivity index (χ1n) is 3.74. The van der Waals surface area contributed by atoms with Crippen molar-refractivity contribution in [1.82, 2.24) is 4.98 Å². The predicted octanol–water partition coefficient (Wildman–Crippen LogP) is 2.20. The van der Waals surface area contributed by atoms with E-state index in [2.05, 4.69) is 26.2 Å². The van der Waals surface area contributed by atoms with Crippen molar-refractivity contribution in [2.75, 3.05) is 11.9 Å². The fraction of sp³-hybridized carbons (Fsp3) is 0.375. The van der Waals surface area contributed by atoms with Crippen LogP contribution in [0.15, 0.2) is 16.9 Å². The number of aromatic nitrogens is 1. The Morgan fingerprint density at radius 1 is 1.45 bits per heavy atom. The fourth-order valence-electron chi connectivity index (χ4n) is 1.36. The molecule has 1 aliphatic heterocycles. The quantitative estimate of drug-likeness (QED) is 0.714. The number of hydrogen-bond acceptors (Lipinski definition) is 2. The van der Waals surface area contributed by atoms with Crippen molar-refractivity contribution >= 4 is 21.6 Å². The molecule has 11 heavy (non-hydrogen) atoms. The van der Waals surface area contributed by atoms with Crippen LogP contribution < -0.4 is 5.32 Å². The Balaban J connectivity index is 2.49. The molecule has 3 heteroatoms. The lowest BCUT2D eigenvalue weighted by atomic mass is 10.1. The molecule has 1 aromatic rings. The van der Waals surface area contributed by atoms with Crippen molar-refractivity contribution in [1.29, 1.82) is 0 Å². The molecular formula is C8H9BrN2. The van der Waals surface area contributed by atoms with Gasteiger partial charge in [0.05, 0.1) is 11.9 Å². The van der Waals surface area contributed by atoms with Crippen LogP contribution >= 0.6 is 15.9 Å². The summed E-state index contributed by atoms with van der Waals surface area (Å²) >= 11 is 3.48. The lowest BCUT2D eigenvalue weighted by Gasteiger charge is -2.17. The topological polar surface area (TPSA) is 24.9 Å². The van der Waals surface area contributed by atoms with Gasteiger partial charge in [0.1, 0.15) is 0 Å². The monoisotopic (exact) mass is 212 g/mol. The fourth-order valence-corrected chi connectivity index (χ4v) is 1.89. The van der Waals surface area contributed by atoms with Gasteiger partial charge in [0, 0.05) is 17.2 Å². The number of fused-ring (bicyclic) bond motifs is 1. The van der Waals surface area contributed by atoms with E-state index >= 15 is 0 Å². The number of hydrogen-bond donors (Lipinski definition) is 1. The second-order valence-corrected chi connectivity index (χ2v) is 3.53. The number of pyridine rings is 1. The Hall–Kier alpha value is -0.570. The molecule has 2 nitrogen and oxygen atoms in total. The van der Waals surface area contributed by atoms with Crippen molar-refractivity contribution in [2.24, 2.45) is 0 Å². The molecule has 0 atom stereocenters. The van der Waals surface area contributed by atoms with Gasteiger partial charge in [-0.05, 0) is 34.3 Å².